The Labute approximate surface area is 245 Å². The number of hydrogen-bond acceptors (Lipinski definition) is 7. The van der Waals surface area contributed by atoms with Gasteiger partial charge in [-0.1, -0.05) is 30.3 Å². The number of carbonyl (C=O) groups excluding carboxylic acids is 2. The Hall–Kier alpha value is -4.30. The van der Waals surface area contributed by atoms with Gasteiger partial charge in [0.05, 0.1) is 23.8 Å². The maximum Gasteiger partial charge on any atom is 0.325 e. The van der Waals surface area contributed by atoms with Crippen molar-refractivity contribution in [1.82, 2.24) is 5.32 Å². The van der Waals surface area contributed by atoms with Crippen LogP contribution in [0, 0.1) is 6.92 Å². The summed E-state index contributed by atoms with van der Waals surface area (Å²) in [6, 6.07) is 13.4. The Kier molecular flexibility index (Phi) is 6.03. The van der Waals surface area contributed by atoms with Gasteiger partial charge in [-0.2, -0.15) is 0 Å². The van der Waals surface area contributed by atoms with Gasteiger partial charge in [0.1, 0.15) is 34.3 Å². The topological polar surface area (TPSA) is 97.3 Å². The highest BCUT2D eigenvalue weighted by Crippen LogP contribution is 2.59. The lowest BCUT2D eigenvalue weighted by Gasteiger charge is -2.35. The van der Waals surface area contributed by atoms with Gasteiger partial charge in [-0.25, -0.2) is 0 Å². The highest BCUT2D eigenvalue weighted by Gasteiger charge is 2.57. The number of amides is 1. The molecule has 3 atom stereocenters. The molecule has 0 fully saturated rings. The van der Waals surface area contributed by atoms with Crippen LogP contribution in [0.15, 0.2) is 55.1 Å². The first kappa shape index (κ1) is 27.8. The molecule has 0 saturated heterocycles. The number of carbonyl (C=O) groups is 2. The van der Waals surface area contributed by atoms with Gasteiger partial charge in [0.25, 0.3) is 5.91 Å². The smallest absolute Gasteiger partial charge is 0.325 e. The molecule has 218 valence electrons. The quantitative estimate of drug-likeness (QED) is 0.256. The average Bonchev–Trinajstić information content (AvgIpc) is 3.61. The number of fused-ring (bicyclic) bond motifs is 3. The molecule has 3 aromatic rings. The van der Waals surface area contributed by atoms with Gasteiger partial charge in [0.2, 0.25) is 0 Å². The Bertz CT molecular complexity index is 1670. The molecule has 8 heteroatoms. The number of benzene rings is 3. The van der Waals surface area contributed by atoms with E-state index in [1.165, 1.54) is 7.11 Å². The van der Waals surface area contributed by atoms with Crippen LogP contribution < -0.4 is 24.4 Å². The third kappa shape index (κ3) is 3.57. The number of rotatable bonds is 6. The van der Waals surface area contributed by atoms with E-state index in [0.717, 1.165) is 22.4 Å². The van der Waals surface area contributed by atoms with E-state index >= 15 is 0 Å². The van der Waals surface area contributed by atoms with Crippen molar-refractivity contribution in [2.24, 2.45) is 0 Å². The number of ether oxygens (including phenoxy) is 3. The molecule has 6 rings (SSSR count). The van der Waals surface area contributed by atoms with Crippen molar-refractivity contribution in [1.29, 1.82) is 0 Å². The lowest BCUT2D eigenvalue weighted by atomic mass is 9.72. The van der Waals surface area contributed by atoms with Crippen LogP contribution in [0.2, 0.25) is 0 Å². The summed E-state index contributed by atoms with van der Waals surface area (Å²) in [5, 5.41) is 14.3. The summed E-state index contributed by atoms with van der Waals surface area (Å²) in [5.41, 5.74) is 2.09. The zero-order valence-electron chi connectivity index (χ0n) is 25.0. The van der Waals surface area contributed by atoms with Gasteiger partial charge in [0.15, 0.2) is 0 Å². The number of methoxy groups -OCH3 is 1. The largest absolute Gasteiger partial charge is 0.496 e. The summed E-state index contributed by atoms with van der Waals surface area (Å²) in [7, 11) is 5.45. The fourth-order valence-electron chi connectivity index (χ4n) is 6.69. The summed E-state index contributed by atoms with van der Waals surface area (Å²) >= 11 is 0. The summed E-state index contributed by atoms with van der Waals surface area (Å²) in [6.45, 7) is 11.2. The lowest BCUT2D eigenvalue weighted by Crippen LogP contribution is -2.43. The number of anilines is 1. The second kappa shape index (κ2) is 9.10. The monoisotopic (exact) mass is 568 g/mol. The van der Waals surface area contributed by atoms with Crippen molar-refractivity contribution in [3.05, 3.63) is 94.1 Å². The third-order valence-corrected chi connectivity index (χ3v) is 9.14. The lowest BCUT2D eigenvalue weighted by molar-refractivity contribution is -0.136. The molecule has 0 unspecified atom stereocenters. The maximum absolute atomic E-state index is 13.9. The molecule has 0 radical (unpaired) electrons. The van der Waals surface area contributed by atoms with Crippen molar-refractivity contribution in [2.45, 2.75) is 56.8 Å². The minimum atomic E-state index is -1.31. The number of hydrogen-bond donors (Lipinski definition) is 2. The van der Waals surface area contributed by atoms with Crippen LogP contribution in [-0.4, -0.2) is 49.9 Å². The Morgan fingerprint density at radius 1 is 1.12 bits per heavy atom. The molecular weight excluding hydrogens is 532 g/mol. The van der Waals surface area contributed by atoms with Crippen molar-refractivity contribution in [2.75, 3.05) is 26.1 Å². The van der Waals surface area contributed by atoms with E-state index in [2.05, 4.69) is 11.9 Å². The molecular formula is C34H36N2O6. The minimum absolute atomic E-state index is 0.324. The molecule has 3 aromatic carbocycles. The molecule has 0 bridgehead atoms. The van der Waals surface area contributed by atoms with Crippen LogP contribution in [0.3, 0.4) is 0 Å². The zero-order chi connectivity index (χ0) is 30.4. The van der Waals surface area contributed by atoms with Crippen molar-refractivity contribution in [3.63, 3.8) is 0 Å². The molecule has 42 heavy (non-hydrogen) atoms. The van der Waals surface area contributed by atoms with E-state index in [4.69, 9.17) is 14.2 Å². The van der Waals surface area contributed by atoms with E-state index in [0.29, 0.717) is 45.9 Å². The summed E-state index contributed by atoms with van der Waals surface area (Å²) in [5.74, 6) is 0.484. The molecule has 3 heterocycles. The molecule has 0 saturated carbocycles. The number of nitrogens with zero attached hydrogens (tertiary/aromatic N) is 1. The molecule has 1 amide bonds. The second-order valence-electron chi connectivity index (χ2n) is 12.3. The fourth-order valence-corrected chi connectivity index (χ4v) is 6.69. The Morgan fingerprint density at radius 2 is 1.81 bits per heavy atom. The normalized spacial score (nSPS) is 23.9. The minimum Gasteiger partial charge on any atom is -0.496 e. The fraction of sp³-hybridized carbons (Fsp3) is 0.353. The summed E-state index contributed by atoms with van der Waals surface area (Å²) in [6.07, 6.45) is 1.46. The average molecular weight is 569 g/mol. The molecule has 2 N–H and O–H groups in total. The molecule has 0 aromatic heterocycles. The molecule has 3 aliphatic heterocycles. The van der Waals surface area contributed by atoms with E-state index in [1.54, 1.807) is 32.9 Å². The highest BCUT2D eigenvalue weighted by atomic mass is 16.5. The van der Waals surface area contributed by atoms with Crippen molar-refractivity contribution in [3.8, 4) is 17.2 Å². The first-order valence-electron chi connectivity index (χ1n) is 14.0. The SMILES string of the molecule is C=C[C@@]1(C)C(=O)Oc2c([C@]3(c4ccc(N(C)C)cc4)NC(=O)c4c(OC)cccc43)c3c(c(C)c21)C[C@@H](C(C)(C)O)O3. The highest BCUT2D eigenvalue weighted by molar-refractivity contribution is 6.05. The van der Waals surface area contributed by atoms with Crippen LogP contribution >= 0.6 is 0 Å². The van der Waals surface area contributed by atoms with Gasteiger partial charge in [0, 0.05) is 42.9 Å². The summed E-state index contributed by atoms with van der Waals surface area (Å²) < 4.78 is 18.4. The van der Waals surface area contributed by atoms with Gasteiger partial charge in [-0.15, -0.1) is 6.58 Å². The van der Waals surface area contributed by atoms with E-state index in [9.17, 15) is 14.7 Å². The van der Waals surface area contributed by atoms with Gasteiger partial charge in [-0.05, 0) is 57.0 Å². The molecule has 0 spiro atoms. The predicted octanol–water partition coefficient (Wildman–Crippen LogP) is 4.54. The van der Waals surface area contributed by atoms with Crippen molar-refractivity contribution < 1.29 is 28.9 Å². The Balaban J connectivity index is 1.78. The van der Waals surface area contributed by atoms with Crippen LogP contribution in [-0.2, 0) is 22.2 Å². The number of nitrogens with one attached hydrogen (secondary N) is 1. The first-order valence-corrected chi connectivity index (χ1v) is 14.0. The predicted molar refractivity (Wildman–Crippen MR) is 160 cm³/mol. The van der Waals surface area contributed by atoms with E-state index in [-0.39, 0.29) is 5.91 Å². The Morgan fingerprint density at radius 3 is 2.40 bits per heavy atom. The van der Waals surface area contributed by atoms with E-state index < -0.39 is 28.6 Å². The van der Waals surface area contributed by atoms with Gasteiger partial charge >= 0.3 is 5.97 Å². The first-order chi connectivity index (χ1) is 19.8. The summed E-state index contributed by atoms with van der Waals surface area (Å²) in [4.78, 5) is 29.5. The van der Waals surface area contributed by atoms with Crippen molar-refractivity contribution >= 4 is 17.6 Å². The van der Waals surface area contributed by atoms with Crippen LogP contribution in [0.1, 0.15) is 64.5 Å². The maximum atomic E-state index is 13.9. The number of esters is 1. The van der Waals surface area contributed by atoms with E-state index in [1.807, 2.05) is 62.3 Å². The van der Waals surface area contributed by atoms with Crippen LogP contribution in [0.25, 0.3) is 0 Å². The van der Waals surface area contributed by atoms with Gasteiger partial charge < -0.3 is 29.5 Å². The van der Waals surface area contributed by atoms with Crippen LogP contribution in [0.4, 0.5) is 5.69 Å². The molecule has 3 aliphatic rings. The standard InChI is InChI=1S/C34H36N2O6/c1-9-33(5)26-18(2)21-17-24(32(3,4)39)41-28(21)27(29(26)42-31(33)38)34(19-13-15-20(16-14-19)36(6)7)22-11-10-12-23(40-8)25(22)30(37)35-34/h9-16,24,39H,1,17H2,2-8H3,(H,35,37)/t24-,33+,34+/m0/s1. The molecule has 0 aliphatic carbocycles. The van der Waals surface area contributed by atoms with Crippen LogP contribution in [0.5, 0.6) is 17.2 Å². The molecule has 8 nitrogen and oxygen atoms in total. The van der Waals surface area contributed by atoms with Gasteiger partial charge in [-0.3, -0.25) is 9.59 Å². The second-order valence-corrected chi connectivity index (χ2v) is 12.3. The third-order valence-electron chi connectivity index (χ3n) is 9.14. The zero-order valence-corrected chi connectivity index (χ0v) is 25.0. The number of aliphatic hydroxyl groups is 1.